The number of hydrogen-bond donors (Lipinski definition) is 2. The highest BCUT2D eigenvalue weighted by molar-refractivity contribution is 5.95. The van der Waals surface area contributed by atoms with E-state index in [0.717, 1.165) is 0 Å². The molecule has 0 saturated carbocycles. The minimum atomic E-state index is -0.790. The number of carbonyl (C=O) groups excluding carboxylic acids is 2. The molecule has 3 N–H and O–H groups in total. The molecule has 5 heteroatoms. The fourth-order valence-corrected chi connectivity index (χ4v) is 1.38. The van der Waals surface area contributed by atoms with Gasteiger partial charge in [-0.05, 0) is 13.8 Å². The fourth-order valence-electron chi connectivity index (χ4n) is 1.38. The molecule has 1 aliphatic rings. The number of nitrogens with zero attached hydrogens (tertiary/aromatic N) is 1. The van der Waals surface area contributed by atoms with Crippen LogP contribution in [0.3, 0.4) is 0 Å². The molecule has 1 atom stereocenters. The summed E-state index contributed by atoms with van der Waals surface area (Å²) < 4.78 is 0. The maximum atomic E-state index is 11.4. The number of nitrogens with one attached hydrogen (secondary N) is 1. The van der Waals surface area contributed by atoms with Crippen molar-refractivity contribution >= 4 is 11.8 Å². The second-order valence-corrected chi connectivity index (χ2v) is 3.69. The number of carbonyl (C=O) groups is 2. The Bertz CT molecular complexity index is 250. The zero-order valence-corrected chi connectivity index (χ0v) is 8.13. The highest BCUT2D eigenvalue weighted by Crippen LogP contribution is 2.22. The first-order valence-corrected chi connectivity index (χ1v) is 4.20. The van der Waals surface area contributed by atoms with Gasteiger partial charge in [0, 0.05) is 13.6 Å². The zero-order valence-electron chi connectivity index (χ0n) is 8.13. The summed E-state index contributed by atoms with van der Waals surface area (Å²) in [6.07, 6.45) is 0. The van der Waals surface area contributed by atoms with Crippen molar-refractivity contribution in [2.45, 2.75) is 25.4 Å². The van der Waals surface area contributed by atoms with Gasteiger partial charge in [0.05, 0.1) is 0 Å². The first kappa shape index (κ1) is 9.98. The molecule has 1 rings (SSSR count). The molecular weight excluding hydrogens is 170 g/mol. The van der Waals surface area contributed by atoms with Crippen molar-refractivity contribution in [3.05, 3.63) is 0 Å². The Labute approximate surface area is 77.3 Å². The quantitative estimate of drug-likeness (QED) is 0.524. The summed E-state index contributed by atoms with van der Waals surface area (Å²) in [7, 11) is 1.55. The molecule has 0 aromatic heterocycles. The van der Waals surface area contributed by atoms with Crippen molar-refractivity contribution in [2.75, 3.05) is 13.6 Å². The topological polar surface area (TPSA) is 75.4 Å². The number of nitrogens with two attached hydrogens (primary N) is 1. The van der Waals surface area contributed by atoms with E-state index in [9.17, 15) is 9.59 Å². The van der Waals surface area contributed by atoms with Crippen LogP contribution in [0.5, 0.6) is 0 Å². The van der Waals surface area contributed by atoms with E-state index in [-0.39, 0.29) is 11.8 Å². The minimum absolute atomic E-state index is 0.159. The number of likely N-dealkylation sites (N-methyl/N-ethyl adjacent to an activating group) is 1. The summed E-state index contributed by atoms with van der Waals surface area (Å²) in [6.45, 7) is 3.87. The highest BCUT2D eigenvalue weighted by atomic mass is 16.2. The van der Waals surface area contributed by atoms with Crippen LogP contribution in [-0.4, -0.2) is 41.9 Å². The Kier molecular flexibility index (Phi) is 2.30. The first-order chi connectivity index (χ1) is 5.91. The second-order valence-electron chi connectivity index (χ2n) is 3.69. The van der Waals surface area contributed by atoms with Gasteiger partial charge in [-0.2, -0.15) is 0 Å². The summed E-state index contributed by atoms with van der Waals surface area (Å²) in [6, 6.07) is -0.427. The van der Waals surface area contributed by atoms with Gasteiger partial charge >= 0.3 is 0 Å². The van der Waals surface area contributed by atoms with E-state index in [1.807, 2.05) is 0 Å². The van der Waals surface area contributed by atoms with Gasteiger partial charge in [0.2, 0.25) is 11.8 Å². The predicted octanol–water partition coefficient (Wildman–Crippen LogP) is -1.32. The lowest BCUT2D eigenvalue weighted by atomic mass is 9.94. The summed E-state index contributed by atoms with van der Waals surface area (Å²) >= 11 is 0. The SMILES string of the molecule is CNC(=O)C(C)(C)N1CC(N)C1=O. The smallest absolute Gasteiger partial charge is 0.245 e. The Balaban J connectivity index is 2.72. The third-order valence-electron chi connectivity index (χ3n) is 2.42. The summed E-state index contributed by atoms with van der Waals surface area (Å²) in [5.41, 5.74) is 4.64. The lowest BCUT2D eigenvalue weighted by Gasteiger charge is -2.45. The second kappa shape index (κ2) is 2.99. The largest absolute Gasteiger partial charge is 0.357 e. The molecule has 1 saturated heterocycles. The van der Waals surface area contributed by atoms with Gasteiger partial charge in [-0.1, -0.05) is 0 Å². The standard InChI is InChI=1S/C8H15N3O2/c1-8(2,7(13)10-3)11-4-5(9)6(11)12/h5H,4,9H2,1-3H3,(H,10,13). The van der Waals surface area contributed by atoms with Crippen molar-refractivity contribution in [1.82, 2.24) is 10.2 Å². The van der Waals surface area contributed by atoms with E-state index in [0.29, 0.717) is 6.54 Å². The molecule has 1 aliphatic heterocycles. The van der Waals surface area contributed by atoms with Gasteiger partial charge in [-0.3, -0.25) is 9.59 Å². The average molecular weight is 185 g/mol. The van der Waals surface area contributed by atoms with E-state index < -0.39 is 11.6 Å². The van der Waals surface area contributed by atoms with Crippen LogP contribution in [-0.2, 0) is 9.59 Å². The maximum absolute atomic E-state index is 11.4. The van der Waals surface area contributed by atoms with E-state index in [4.69, 9.17) is 5.73 Å². The molecule has 74 valence electrons. The van der Waals surface area contributed by atoms with Crippen LogP contribution in [0.25, 0.3) is 0 Å². The van der Waals surface area contributed by atoms with Crippen LogP contribution < -0.4 is 11.1 Å². The lowest BCUT2D eigenvalue weighted by Crippen LogP contribution is -2.70. The Morgan fingerprint density at radius 1 is 1.69 bits per heavy atom. The van der Waals surface area contributed by atoms with Gasteiger partial charge in [-0.15, -0.1) is 0 Å². The molecule has 1 fully saturated rings. The Morgan fingerprint density at radius 3 is 2.54 bits per heavy atom. The van der Waals surface area contributed by atoms with Crippen LogP contribution in [0.4, 0.5) is 0 Å². The zero-order chi connectivity index (χ0) is 10.2. The van der Waals surface area contributed by atoms with Gasteiger partial charge < -0.3 is 16.0 Å². The third kappa shape index (κ3) is 1.39. The molecule has 5 nitrogen and oxygen atoms in total. The van der Waals surface area contributed by atoms with Crippen molar-refractivity contribution in [2.24, 2.45) is 5.73 Å². The van der Waals surface area contributed by atoms with E-state index in [1.54, 1.807) is 20.9 Å². The van der Waals surface area contributed by atoms with Crippen LogP contribution in [0.2, 0.25) is 0 Å². The Morgan fingerprint density at radius 2 is 2.23 bits per heavy atom. The maximum Gasteiger partial charge on any atom is 0.245 e. The average Bonchev–Trinajstić information content (AvgIpc) is 2.11. The van der Waals surface area contributed by atoms with Crippen LogP contribution in [0, 0.1) is 0 Å². The molecule has 0 radical (unpaired) electrons. The lowest BCUT2D eigenvalue weighted by molar-refractivity contribution is -0.156. The molecule has 0 aromatic carbocycles. The monoisotopic (exact) mass is 185 g/mol. The van der Waals surface area contributed by atoms with Gasteiger partial charge in [0.1, 0.15) is 11.6 Å². The van der Waals surface area contributed by atoms with Crippen molar-refractivity contribution in [1.29, 1.82) is 0 Å². The molecule has 1 unspecified atom stereocenters. The third-order valence-corrected chi connectivity index (χ3v) is 2.42. The number of amides is 2. The molecule has 0 aromatic rings. The van der Waals surface area contributed by atoms with Crippen molar-refractivity contribution < 1.29 is 9.59 Å². The van der Waals surface area contributed by atoms with Crippen LogP contribution in [0.15, 0.2) is 0 Å². The number of β-lactam (4-membered cyclic amide) rings is 1. The molecule has 1 heterocycles. The summed E-state index contributed by atoms with van der Waals surface area (Å²) in [5.74, 6) is -0.332. The van der Waals surface area contributed by atoms with Crippen molar-refractivity contribution in [3.8, 4) is 0 Å². The number of hydrogen-bond acceptors (Lipinski definition) is 3. The molecule has 13 heavy (non-hydrogen) atoms. The first-order valence-electron chi connectivity index (χ1n) is 4.20. The highest BCUT2D eigenvalue weighted by Gasteiger charge is 2.46. The number of likely N-dealkylation sites (tertiary alicyclic amines) is 1. The summed E-state index contributed by atoms with van der Waals surface area (Å²) in [4.78, 5) is 24.1. The van der Waals surface area contributed by atoms with Gasteiger partial charge in [0.15, 0.2) is 0 Å². The summed E-state index contributed by atoms with van der Waals surface area (Å²) in [5, 5.41) is 2.52. The van der Waals surface area contributed by atoms with Gasteiger partial charge in [0.25, 0.3) is 0 Å². The predicted molar refractivity (Wildman–Crippen MR) is 47.8 cm³/mol. The minimum Gasteiger partial charge on any atom is -0.357 e. The normalized spacial score (nSPS) is 22.6. The van der Waals surface area contributed by atoms with Crippen molar-refractivity contribution in [3.63, 3.8) is 0 Å². The Hall–Kier alpha value is -1.10. The van der Waals surface area contributed by atoms with E-state index in [2.05, 4.69) is 5.32 Å². The number of rotatable bonds is 2. The molecule has 0 aliphatic carbocycles. The molecule has 0 bridgehead atoms. The molecule has 2 amide bonds. The fraction of sp³-hybridized carbons (Fsp3) is 0.750. The molecule has 0 spiro atoms. The molecular formula is C8H15N3O2. The van der Waals surface area contributed by atoms with E-state index >= 15 is 0 Å². The van der Waals surface area contributed by atoms with E-state index in [1.165, 1.54) is 4.90 Å². The van der Waals surface area contributed by atoms with Gasteiger partial charge in [-0.25, -0.2) is 0 Å². The van der Waals surface area contributed by atoms with Crippen LogP contribution in [0.1, 0.15) is 13.8 Å². The van der Waals surface area contributed by atoms with Crippen LogP contribution >= 0.6 is 0 Å².